The molecule has 0 atom stereocenters. The van der Waals surface area contributed by atoms with Gasteiger partial charge in [0.1, 0.15) is 11.5 Å². The molecule has 0 N–H and O–H groups in total. The molecule has 1 aliphatic rings. The summed E-state index contributed by atoms with van der Waals surface area (Å²) >= 11 is 0. The van der Waals surface area contributed by atoms with Crippen molar-refractivity contribution in [3.8, 4) is 0 Å². The Kier molecular flexibility index (Phi) is 0.929. The minimum absolute atomic E-state index is 0.338. The molecular weight excluding hydrogens is 92.1 g/mol. The van der Waals surface area contributed by atoms with Gasteiger partial charge in [0, 0.05) is 6.92 Å². The summed E-state index contributed by atoms with van der Waals surface area (Å²) in [5.74, 6) is 1.44. The molecule has 2 nitrogen and oxygen atoms in total. The second-order valence-electron chi connectivity index (χ2n) is 1.39. The van der Waals surface area contributed by atoms with Crippen LogP contribution in [0.5, 0.6) is 0 Å². The molecule has 1 rings (SSSR count). The zero-order valence-electron chi connectivity index (χ0n) is 4.23. The standard InChI is InChI=1S/C5H7O2/c1-4-5(2)7-3-6-4/h1,3H2,2H3. The summed E-state index contributed by atoms with van der Waals surface area (Å²) in [7, 11) is 0. The quantitative estimate of drug-likeness (QED) is 0.452. The van der Waals surface area contributed by atoms with Gasteiger partial charge in [-0.1, -0.05) is 0 Å². The van der Waals surface area contributed by atoms with E-state index in [1.54, 1.807) is 0 Å². The number of hydrogen-bond donors (Lipinski definition) is 0. The number of hydrogen-bond acceptors (Lipinski definition) is 2. The van der Waals surface area contributed by atoms with Gasteiger partial charge < -0.3 is 9.47 Å². The third kappa shape index (κ3) is 0.683. The Hall–Kier alpha value is -0.660. The predicted molar refractivity (Wildman–Crippen MR) is 25.1 cm³/mol. The SMILES string of the molecule is [CH2]C1=C(C)OCO1. The molecule has 0 saturated heterocycles. The molecule has 1 radical (unpaired) electrons. The Bertz CT molecular complexity index is 92.6. The van der Waals surface area contributed by atoms with E-state index >= 15 is 0 Å². The molecule has 0 fully saturated rings. The molecule has 0 saturated carbocycles. The zero-order chi connectivity index (χ0) is 5.28. The average molecular weight is 99.1 g/mol. The van der Waals surface area contributed by atoms with Gasteiger partial charge in [-0.15, -0.1) is 0 Å². The monoisotopic (exact) mass is 99.0 g/mol. The van der Waals surface area contributed by atoms with Crippen LogP contribution in [-0.4, -0.2) is 6.79 Å². The highest BCUT2D eigenvalue weighted by Crippen LogP contribution is 2.12. The fourth-order valence-corrected chi connectivity index (χ4v) is 0.371. The molecule has 0 aromatic heterocycles. The lowest BCUT2D eigenvalue weighted by molar-refractivity contribution is 0.0748. The van der Waals surface area contributed by atoms with Crippen LogP contribution in [0.1, 0.15) is 6.92 Å². The molecular formula is C5H7O2. The van der Waals surface area contributed by atoms with E-state index in [1.807, 2.05) is 6.92 Å². The molecule has 0 aromatic carbocycles. The Morgan fingerprint density at radius 1 is 1.57 bits per heavy atom. The van der Waals surface area contributed by atoms with Gasteiger partial charge >= 0.3 is 0 Å². The van der Waals surface area contributed by atoms with E-state index in [2.05, 4.69) is 6.92 Å². The summed E-state index contributed by atoms with van der Waals surface area (Å²) in [4.78, 5) is 0. The maximum atomic E-state index is 4.86. The summed E-state index contributed by atoms with van der Waals surface area (Å²) < 4.78 is 9.67. The second kappa shape index (κ2) is 1.45. The largest absolute Gasteiger partial charge is 0.459 e. The van der Waals surface area contributed by atoms with Gasteiger partial charge in [-0.3, -0.25) is 0 Å². The molecule has 39 valence electrons. The number of rotatable bonds is 0. The minimum atomic E-state index is 0.338. The van der Waals surface area contributed by atoms with E-state index in [0.29, 0.717) is 12.6 Å². The van der Waals surface area contributed by atoms with Crippen molar-refractivity contribution in [2.75, 3.05) is 6.79 Å². The number of ether oxygens (including phenoxy) is 2. The van der Waals surface area contributed by atoms with Crippen molar-refractivity contribution in [1.82, 2.24) is 0 Å². The van der Waals surface area contributed by atoms with Crippen molar-refractivity contribution in [3.05, 3.63) is 18.4 Å². The van der Waals surface area contributed by atoms with E-state index in [4.69, 9.17) is 9.47 Å². The molecule has 0 spiro atoms. The van der Waals surface area contributed by atoms with Crippen molar-refractivity contribution < 1.29 is 9.47 Å². The zero-order valence-corrected chi connectivity index (χ0v) is 4.23. The van der Waals surface area contributed by atoms with Gasteiger partial charge in [-0.05, 0) is 6.92 Å². The lowest BCUT2D eigenvalue weighted by atomic mass is 10.5. The smallest absolute Gasteiger partial charge is 0.230 e. The highest BCUT2D eigenvalue weighted by atomic mass is 16.7. The van der Waals surface area contributed by atoms with Crippen LogP contribution in [0.25, 0.3) is 0 Å². The van der Waals surface area contributed by atoms with E-state index in [9.17, 15) is 0 Å². The topological polar surface area (TPSA) is 18.5 Å². The summed E-state index contributed by atoms with van der Waals surface area (Å²) in [5, 5.41) is 0. The summed E-state index contributed by atoms with van der Waals surface area (Å²) in [6, 6.07) is 0. The van der Waals surface area contributed by atoms with E-state index in [-0.39, 0.29) is 0 Å². The molecule has 0 aromatic rings. The van der Waals surface area contributed by atoms with Gasteiger partial charge in [0.15, 0.2) is 0 Å². The first-order valence-electron chi connectivity index (χ1n) is 2.09. The maximum absolute atomic E-state index is 4.86. The molecule has 1 heterocycles. The van der Waals surface area contributed by atoms with Crippen LogP contribution in [0.2, 0.25) is 0 Å². The van der Waals surface area contributed by atoms with E-state index in [1.165, 1.54) is 0 Å². The van der Waals surface area contributed by atoms with Crippen LogP contribution in [0, 0.1) is 6.92 Å². The van der Waals surface area contributed by atoms with Crippen LogP contribution in [-0.2, 0) is 9.47 Å². The minimum Gasteiger partial charge on any atom is -0.459 e. The molecule has 0 amide bonds. The first kappa shape index (κ1) is 4.50. The van der Waals surface area contributed by atoms with Gasteiger partial charge in [-0.2, -0.15) is 0 Å². The summed E-state index contributed by atoms with van der Waals surface area (Å²) in [6.45, 7) is 5.72. The van der Waals surface area contributed by atoms with Gasteiger partial charge in [0.25, 0.3) is 0 Å². The Labute approximate surface area is 42.7 Å². The third-order valence-corrected chi connectivity index (χ3v) is 0.901. The third-order valence-electron chi connectivity index (χ3n) is 0.901. The fourth-order valence-electron chi connectivity index (χ4n) is 0.371. The molecule has 0 bridgehead atoms. The Balaban J connectivity index is 2.64. The van der Waals surface area contributed by atoms with E-state index in [0.717, 1.165) is 5.76 Å². The Morgan fingerprint density at radius 3 is 2.43 bits per heavy atom. The van der Waals surface area contributed by atoms with Crippen molar-refractivity contribution in [2.45, 2.75) is 6.92 Å². The van der Waals surface area contributed by atoms with Crippen molar-refractivity contribution >= 4 is 0 Å². The van der Waals surface area contributed by atoms with Crippen LogP contribution < -0.4 is 0 Å². The van der Waals surface area contributed by atoms with Crippen molar-refractivity contribution in [2.24, 2.45) is 0 Å². The first-order chi connectivity index (χ1) is 3.30. The maximum Gasteiger partial charge on any atom is 0.230 e. The first-order valence-corrected chi connectivity index (χ1v) is 2.09. The molecule has 2 heteroatoms. The van der Waals surface area contributed by atoms with Crippen LogP contribution in [0.4, 0.5) is 0 Å². The highest BCUT2D eigenvalue weighted by molar-refractivity contribution is 5.03. The number of allylic oxidation sites excluding steroid dienone is 2. The molecule has 0 unspecified atom stereocenters. The van der Waals surface area contributed by atoms with Crippen molar-refractivity contribution in [3.63, 3.8) is 0 Å². The lowest BCUT2D eigenvalue weighted by Gasteiger charge is -1.87. The summed E-state index contributed by atoms with van der Waals surface area (Å²) in [6.07, 6.45) is 0. The van der Waals surface area contributed by atoms with Gasteiger partial charge in [-0.25, -0.2) is 0 Å². The summed E-state index contributed by atoms with van der Waals surface area (Å²) in [5.41, 5.74) is 0. The van der Waals surface area contributed by atoms with E-state index < -0.39 is 0 Å². The predicted octanol–water partition coefficient (Wildman–Crippen LogP) is 1.06. The van der Waals surface area contributed by atoms with Crippen LogP contribution >= 0.6 is 0 Å². The lowest BCUT2D eigenvalue weighted by Crippen LogP contribution is -1.79. The molecule has 1 aliphatic heterocycles. The normalized spacial score (nSPS) is 19.1. The fraction of sp³-hybridized carbons (Fsp3) is 0.400. The van der Waals surface area contributed by atoms with Crippen LogP contribution in [0.3, 0.4) is 0 Å². The van der Waals surface area contributed by atoms with Crippen LogP contribution in [0.15, 0.2) is 11.5 Å². The second-order valence-corrected chi connectivity index (χ2v) is 1.39. The highest BCUT2D eigenvalue weighted by Gasteiger charge is 2.05. The average Bonchev–Trinajstić information content (AvgIpc) is 1.91. The Morgan fingerprint density at radius 2 is 2.29 bits per heavy atom. The molecule has 0 aliphatic carbocycles. The van der Waals surface area contributed by atoms with Gasteiger partial charge in [0.05, 0.1) is 0 Å². The van der Waals surface area contributed by atoms with Crippen molar-refractivity contribution in [1.29, 1.82) is 0 Å². The molecule has 7 heavy (non-hydrogen) atoms. The van der Waals surface area contributed by atoms with Gasteiger partial charge in [0.2, 0.25) is 6.79 Å².